The Bertz CT molecular complexity index is 912. The second-order valence-electron chi connectivity index (χ2n) is 8.67. The van der Waals surface area contributed by atoms with E-state index in [1.165, 1.54) is 0 Å². The van der Waals surface area contributed by atoms with E-state index in [0.717, 1.165) is 5.56 Å². The zero-order valence-corrected chi connectivity index (χ0v) is 18.5. The Morgan fingerprint density at radius 2 is 1.50 bits per heavy atom. The Labute approximate surface area is 178 Å². The number of amides is 3. The molecule has 2 rings (SSSR count). The molecule has 0 aliphatic heterocycles. The molecule has 6 nitrogen and oxygen atoms in total. The van der Waals surface area contributed by atoms with Crippen LogP contribution < -0.4 is 16.0 Å². The average molecular weight is 410 g/mol. The fourth-order valence-electron chi connectivity index (χ4n) is 2.98. The van der Waals surface area contributed by atoms with E-state index >= 15 is 0 Å². The van der Waals surface area contributed by atoms with Gasteiger partial charge in [-0.25, -0.2) is 0 Å². The second kappa shape index (κ2) is 9.57. The summed E-state index contributed by atoms with van der Waals surface area (Å²) in [6.07, 6.45) is 0. The van der Waals surface area contributed by atoms with Crippen LogP contribution in [0.25, 0.3) is 0 Å². The lowest BCUT2D eigenvalue weighted by atomic mass is 9.86. The van der Waals surface area contributed by atoms with Gasteiger partial charge in [-0.05, 0) is 47.2 Å². The standard InChI is InChI=1S/C24H31N3O3/c1-15(2)20(23(30)26-19-9-7-8-17(14-19)21(28)25-6)27-22(29)16-10-12-18(13-11-16)24(3,4)5/h7-15,20H,1-6H3,(H,25,28)(H,26,30)(H,27,29). The van der Waals surface area contributed by atoms with Crippen molar-refractivity contribution in [1.29, 1.82) is 0 Å². The number of rotatable bonds is 6. The SMILES string of the molecule is CNC(=O)c1cccc(NC(=O)C(NC(=O)c2ccc(C(C)(C)C)cc2)C(C)C)c1. The minimum atomic E-state index is -0.719. The predicted molar refractivity (Wildman–Crippen MR) is 120 cm³/mol. The van der Waals surface area contributed by atoms with E-state index in [-0.39, 0.29) is 29.1 Å². The Hall–Kier alpha value is -3.15. The van der Waals surface area contributed by atoms with E-state index in [0.29, 0.717) is 16.8 Å². The molecule has 0 heterocycles. The zero-order valence-electron chi connectivity index (χ0n) is 18.5. The normalized spacial score (nSPS) is 12.2. The lowest BCUT2D eigenvalue weighted by Gasteiger charge is -2.22. The Morgan fingerprint density at radius 3 is 2.03 bits per heavy atom. The Balaban J connectivity index is 2.12. The van der Waals surface area contributed by atoms with Gasteiger partial charge < -0.3 is 16.0 Å². The molecule has 0 radical (unpaired) electrons. The summed E-state index contributed by atoms with van der Waals surface area (Å²) in [5, 5.41) is 8.18. The van der Waals surface area contributed by atoms with Crippen molar-refractivity contribution in [2.75, 3.05) is 12.4 Å². The smallest absolute Gasteiger partial charge is 0.251 e. The first kappa shape index (κ1) is 23.1. The van der Waals surface area contributed by atoms with E-state index in [2.05, 4.69) is 36.7 Å². The highest BCUT2D eigenvalue weighted by atomic mass is 16.2. The molecule has 0 aliphatic carbocycles. The number of anilines is 1. The maximum absolute atomic E-state index is 12.8. The summed E-state index contributed by atoms with van der Waals surface area (Å²) in [5.41, 5.74) is 2.57. The van der Waals surface area contributed by atoms with Crippen LogP contribution in [0.3, 0.4) is 0 Å². The maximum Gasteiger partial charge on any atom is 0.251 e. The van der Waals surface area contributed by atoms with Crippen LogP contribution >= 0.6 is 0 Å². The van der Waals surface area contributed by atoms with Gasteiger partial charge in [0.05, 0.1) is 0 Å². The van der Waals surface area contributed by atoms with Gasteiger partial charge in [0.25, 0.3) is 11.8 Å². The number of nitrogens with one attached hydrogen (secondary N) is 3. The molecule has 0 fully saturated rings. The fraction of sp³-hybridized carbons (Fsp3) is 0.375. The highest BCUT2D eigenvalue weighted by Gasteiger charge is 2.25. The molecule has 0 bridgehead atoms. The molecular weight excluding hydrogens is 378 g/mol. The van der Waals surface area contributed by atoms with Gasteiger partial charge in [0.15, 0.2) is 0 Å². The van der Waals surface area contributed by atoms with Crippen molar-refractivity contribution in [3.8, 4) is 0 Å². The molecule has 3 N–H and O–H groups in total. The summed E-state index contributed by atoms with van der Waals surface area (Å²) < 4.78 is 0. The van der Waals surface area contributed by atoms with Crippen molar-refractivity contribution in [3.63, 3.8) is 0 Å². The monoisotopic (exact) mass is 409 g/mol. The first-order chi connectivity index (χ1) is 14.0. The quantitative estimate of drug-likeness (QED) is 0.679. The number of carbonyl (C=O) groups is 3. The highest BCUT2D eigenvalue weighted by molar-refractivity contribution is 6.02. The lowest BCUT2D eigenvalue weighted by Crippen LogP contribution is -2.47. The van der Waals surface area contributed by atoms with E-state index in [1.807, 2.05) is 26.0 Å². The summed E-state index contributed by atoms with van der Waals surface area (Å²) in [6.45, 7) is 10.1. The molecule has 2 aromatic rings. The molecular formula is C24H31N3O3. The summed E-state index contributed by atoms with van der Waals surface area (Å²) in [5.74, 6) is -0.995. The zero-order chi connectivity index (χ0) is 22.5. The van der Waals surface area contributed by atoms with Crippen LogP contribution in [0.2, 0.25) is 0 Å². The van der Waals surface area contributed by atoms with Crippen LogP contribution in [0.15, 0.2) is 48.5 Å². The largest absolute Gasteiger partial charge is 0.355 e. The van der Waals surface area contributed by atoms with Crippen LogP contribution in [0.5, 0.6) is 0 Å². The van der Waals surface area contributed by atoms with Crippen molar-refractivity contribution < 1.29 is 14.4 Å². The molecule has 2 aromatic carbocycles. The van der Waals surface area contributed by atoms with Crippen LogP contribution in [0, 0.1) is 5.92 Å². The minimum absolute atomic E-state index is 0.00141. The predicted octanol–water partition coefficient (Wildman–Crippen LogP) is 3.74. The lowest BCUT2D eigenvalue weighted by molar-refractivity contribution is -0.118. The number of hydrogen-bond acceptors (Lipinski definition) is 3. The third-order valence-electron chi connectivity index (χ3n) is 4.87. The van der Waals surface area contributed by atoms with Gasteiger partial charge in [-0.15, -0.1) is 0 Å². The summed E-state index contributed by atoms with van der Waals surface area (Å²) in [6, 6.07) is 13.4. The van der Waals surface area contributed by atoms with Crippen molar-refractivity contribution in [1.82, 2.24) is 10.6 Å². The summed E-state index contributed by atoms with van der Waals surface area (Å²) in [4.78, 5) is 37.3. The second-order valence-corrected chi connectivity index (χ2v) is 8.67. The van der Waals surface area contributed by atoms with Gasteiger partial charge in [-0.2, -0.15) is 0 Å². The molecule has 0 spiro atoms. The molecule has 0 saturated carbocycles. The summed E-state index contributed by atoms with van der Waals surface area (Å²) >= 11 is 0. The topological polar surface area (TPSA) is 87.3 Å². The Morgan fingerprint density at radius 1 is 0.867 bits per heavy atom. The number of benzene rings is 2. The van der Waals surface area contributed by atoms with Gasteiger partial charge in [0.2, 0.25) is 5.91 Å². The van der Waals surface area contributed by atoms with Gasteiger partial charge >= 0.3 is 0 Å². The van der Waals surface area contributed by atoms with Crippen molar-refractivity contribution in [2.24, 2.45) is 5.92 Å². The third-order valence-corrected chi connectivity index (χ3v) is 4.87. The third kappa shape index (κ3) is 5.92. The molecule has 160 valence electrons. The van der Waals surface area contributed by atoms with Crippen molar-refractivity contribution in [3.05, 3.63) is 65.2 Å². The van der Waals surface area contributed by atoms with Crippen LogP contribution in [0.1, 0.15) is 60.9 Å². The summed E-state index contributed by atoms with van der Waals surface area (Å²) in [7, 11) is 1.55. The van der Waals surface area contributed by atoms with E-state index in [4.69, 9.17) is 0 Å². The Kier molecular flexibility index (Phi) is 7.38. The van der Waals surface area contributed by atoms with Crippen molar-refractivity contribution >= 4 is 23.4 Å². The molecule has 30 heavy (non-hydrogen) atoms. The highest BCUT2D eigenvalue weighted by Crippen LogP contribution is 2.22. The van der Waals surface area contributed by atoms with Gasteiger partial charge in [-0.1, -0.05) is 52.8 Å². The number of carbonyl (C=O) groups excluding carboxylic acids is 3. The molecule has 1 unspecified atom stereocenters. The minimum Gasteiger partial charge on any atom is -0.355 e. The molecule has 3 amide bonds. The van der Waals surface area contributed by atoms with Crippen LogP contribution in [0.4, 0.5) is 5.69 Å². The van der Waals surface area contributed by atoms with E-state index < -0.39 is 6.04 Å². The molecule has 0 aliphatic rings. The molecule has 0 saturated heterocycles. The first-order valence-corrected chi connectivity index (χ1v) is 10.1. The van der Waals surface area contributed by atoms with E-state index in [1.54, 1.807) is 43.4 Å². The fourth-order valence-corrected chi connectivity index (χ4v) is 2.98. The molecule has 0 aromatic heterocycles. The van der Waals surface area contributed by atoms with Crippen LogP contribution in [-0.4, -0.2) is 30.8 Å². The first-order valence-electron chi connectivity index (χ1n) is 10.1. The van der Waals surface area contributed by atoms with Gasteiger partial charge in [0, 0.05) is 23.9 Å². The van der Waals surface area contributed by atoms with E-state index in [9.17, 15) is 14.4 Å². The maximum atomic E-state index is 12.8. The van der Waals surface area contributed by atoms with Gasteiger partial charge in [-0.3, -0.25) is 14.4 Å². The molecule has 6 heteroatoms. The average Bonchev–Trinajstić information content (AvgIpc) is 2.70. The number of hydrogen-bond donors (Lipinski definition) is 3. The van der Waals surface area contributed by atoms with Gasteiger partial charge in [0.1, 0.15) is 6.04 Å². The van der Waals surface area contributed by atoms with Crippen LogP contribution in [-0.2, 0) is 10.2 Å². The van der Waals surface area contributed by atoms with Crippen molar-refractivity contribution in [2.45, 2.75) is 46.1 Å². The molecule has 1 atom stereocenters.